The Labute approximate surface area is 93.6 Å². The highest BCUT2D eigenvalue weighted by Crippen LogP contribution is 2.09. The number of anilines is 1. The number of aryl methyl sites for hydroxylation is 1. The molecule has 0 aliphatic heterocycles. The highest BCUT2D eigenvalue weighted by atomic mass is 16.1. The van der Waals surface area contributed by atoms with E-state index >= 15 is 0 Å². The topological polar surface area (TPSA) is 46.9 Å². The van der Waals surface area contributed by atoms with Crippen molar-refractivity contribution in [2.75, 3.05) is 12.4 Å². The van der Waals surface area contributed by atoms with Gasteiger partial charge in [-0.05, 0) is 31.2 Å². The van der Waals surface area contributed by atoms with Gasteiger partial charge in [0.05, 0.1) is 11.4 Å². The van der Waals surface area contributed by atoms with Crippen molar-refractivity contribution in [3.05, 3.63) is 52.7 Å². The molecule has 0 aliphatic carbocycles. The maximum Gasteiger partial charge on any atom is 0.278 e. The van der Waals surface area contributed by atoms with E-state index in [1.165, 1.54) is 0 Å². The summed E-state index contributed by atoms with van der Waals surface area (Å²) in [7, 11) is 1.73. The third-order valence-corrected chi connectivity index (χ3v) is 2.46. The van der Waals surface area contributed by atoms with Crippen molar-refractivity contribution < 1.29 is 0 Å². The summed E-state index contributed by atoms with van der Waals surface area (Å²) < 4.78 is 1.59. The maximum absolute atomic E-state index is 12.0. The molecule has 4 heteroatoms. The first kappa shape index (κ1) is 10.4. The summed E-state index contributed by atoms with van der Waals surface area (Å²) in [6.07, 6.45) is 3.46. The zero-order valence-corrected chi connectivity index (χ0v) is 9.27. The lowest BCUT2D eigenvalue weighted by molar-refractivity contribution is 0.957. The first-order valence-corrected chi connectivity index (χ1v) is 5.05. The van der Waals surface area contributed by atoms with E-state index in [1.807, 2.05) is 25.1 Å². The zero-order chi connectivity index (χ0) is 11.5. The van der Waals surface area contributed by atoms with Gasteiger partial charge in [0.1, 0.15) is 5.69 Å². The van der Waals surface area contributed by atoms with Gasteiger partial charge in [0.2, 0.25) is 0 Å². The first-order valence-electron chi connectivity index (χ1n) is 5.05. The molecule has 0 atom stereocenters. The molecule has 2 rings (SSSR count). The van der Waals surface area contributed by atoms with E-state index in [0.29, 0.717) is 5.69 Å². The van der Waals surface area contributed by atoms with Crippen molar-refractivity contribution >= 4 is 5.69 Å². The van der Waals surface area contributed by atoms with Crippen molar-refractivity contribution in [1.82, 2.24) is 9.55 Å². The molecule has 0 spiro atoms. The van der Waals surface area contributed by atoms with E-state index in [9.17, 15) is 4.79 Å². The lowest BCUT2D eigenvalue weighted by Gasteiger charge is -2.09. The molecule has 2 aromatic heterocycles. The Hall–Kier alpha value is -2.10. The summed E-state index contributed by atoms with van der Waals surface area (Å²) in [5.41, 5.74) is 2.15. The molecule has 0 aromatic carbocycles. The van der Waals surface area contributed by atoms with Crippen LogP contribution in [0.1, 0.15) is 5.69 Å². The van der Waals surface area contributed by atoms with E-state index < -0.39 is 0 Å². The second-order valence-corrected chi connectivity index (χ2v) is 3.45. The van der Waals surface area contributed by atoms with Crippen molar-refractivity contribution in [3.8, 4) is 5.69 Å². The maximum atomic E-state index is 12.0. The standard InChI is InChI=1S/C12H13N3O/c1-9-11(6-3-7-14-9)15-8-4-5-10(13-2)12(15)16/h3-8,13H,1-2H3. The number of aromatic nitrogens is 2. The second-order valence-electron chi connectivity index (χ2n) is 3.45. The van der Waals surface area contributed by atoms with Gasteiger partial charge in [0.25, 0.3) is 5.56 Å². The largest absolute Gasteiger partial charge is 0.384 e. The van der Waals surface area contributed by atoms with Gasteiger partial charge < -0.3 is 5.32 Å². The Kier molecular flexibility index (Phi) is 2.72. The van der Waals surface area contributed by atoms with Gasteiger partial charge in [-0.2, -0.15) is 0 Å². The molecule has 4 nitrogen and oxygen atoms in total. The van der Waals surface area contributed by atoms with E-state index in [0.717, 1.165) is 11.4 Å². The van der Waals surface area contributed by atoms with Gasteiger partial charge in [0.15, 0.2) is 0 Å². The van der Waals surface area contributed by atoms with Crippen LogP contribution in [0, 0.1) is 6.92 Å². The molecule has 0 bridgehead atoms. The van der Waals surface area contributed by atoms with Crippen LogP contribution in [0.3, 0.4) is 0 Å². The van der Waals surface area contributed by atoms with Crippen LogP contribution in [0.25, 0.3) is 5.69 Å². The normalized spacial score (nSPS) is 10.1. The molecule has 82 valence electrons. The predicted octanol–water partition coefficient (Wildman–Crippen LogP) is 1.58. The third kappa shape index (κ3) is 1.69. The third-order valence-electron chi connectivity index (χ3n) is 2.46. The lowest BCUT2D eigenvalue weighted by Crippen LogP contribution is -2.21. The van der Waals surface area contributed by atoms with E-state index in [2.05, 4.69) is 10.3 Å². The van der Waals surface area contributed by atoms with Crippen molar-refractivity contribution in [2.45, 2.75) is 6.92 Å². The fraction of sp³-hybridized carbons (Fsp3) is 0.167. The minimum absolute atomic E-state index is 0.0684. The Balaban J connectivity index is 2.66. The quantitative estimate of drug-likeness (QED) is 0.827. The summed E-state index contributed by atoms with van der Waals surface area (Å²) in [6.45, 7) is 1.88. The van der Waals surface area contributed by atoms with Crippen LogP contribution in [0.2, 0.25) is 0 Å². The van der Waals surface area contributed by atoms with Gasteiger partial charge >= 0.3 is 0 Å². The van der Waals surface area contributed by atoms with Crippen LogP contribution in [-0.2, 0) is 0 Å². The molecule has 2 aromatic rings. The number of rotatable bonds is 2. The summed E-state index contributed by atoms with van der Waals surface area (Å²) in [5.74, 6) is 0. The monoisotopic (exact) mass is 215 g/mol. The molecule has 0 fully saturated rings. The van der Waals surface area contributed by atoms with Crippen LogP contribution in [0.5, 0.6) is 0 Å². The Bertz CT molecular complexity index is 560. The number of pyridine rings is 2. The summed E-state index contributed by atoms with van der Waals surface area (Å²) in [4.78, 5) is 16.2. The molecule has 16 heavy (non-hydrogen) atoms. The number of nitrogens with one attached hydrogen (secondary N) is 1. The van der Waals surface area contributed by atoms with Gasteiger partial charge in [-0.1, -0.05) is 0 Å². The molecule has 2 heterocycles. The molecular formula is C12H13N3O. The van der Waals surface area contributed by atoms with Crippen LogP contribution in [-0.4, -0.2) is 16.6 Å². The van der Waals surface area contributed by atoms with Crippen molar-refractivity contribution in [3.63, 3.8) is 0 Å². The van der Waals surface area contributed by atoms with Crippen molar-refractivity contribution in [2.24, 2.45) is 0 Å². The van der Waals surface area contributed by atoms with E-state index in [-0.39, 0.29) is 5.56 Å². The average molecular weight is 215 g/mol. The van der Waals surface area contributed by atoms with Crippen molar-refractivity contribution in [1.29, 1.82) is 0 Å². The highest BCUT2D eigenvalue weighted by molar-refractivity contribution is 5.44. The molecule has 0 aliphatic rings. The molecule has 0 saturated carbocycles. The highest BCUT2D eigenvalue weighted by Gasteiger charge is 2.05. The number of hydrogen-bond acceptors (Lipinski definition) is 3. The molecule has 0 unspecified atom stereocenters. The number of nitrogens with zero attached hydrogens (tertiary/aromatic N) is 2. The minimum Gasteiger partial charge on any atom is -0.384 e. The Morgan fingerprint density at radius 3 is 2.81 bits per heavy atom. The smallest absolute Gasteiger partial charge is 0.278 e. The van der Waals surface area contributed by atoms with Gasteiger partial charge in [-0.3, -0.25) is 14.3 Å². The van der Waals surface area contributed by atoms with Crippen LogP contribution >= 0.6 is 0 Å². The first-order chi connectivity index (χ1) is 7.74. The molecule has 0 saturated heterocycles. The van der Waals surface area contributed by atoms with Gasteiger partial charge in [-0.25, -0.2) is 0 Å². The second kappa shape index (κ2) is 4.18. The predicted molar refractivity (Wildman–Crippen MR) is 64.1 cm³/mol. The molecule has 0 radical (unpaired) electrons. The Morgan fingerprint density at radius 1 is 1.31 bits per heavy atom. The molecular weight excluding hydrogens is 202 g/mol. The summed E-state index contributed by atoms with van der Waals surface area (Å²) >= 11 is 0. The molecule has 1 N–H and O–H groups in total. The fourth-order valence-electron chi connectivity index (χ4n) is 1.60. The lowest BCUT2D eigenvalue weighted by atomic mass is 10.3. The van der Waals surface area contributed by atoms with Crippen LogP contribution < -0.4 is 10.9 Å². The Morgan fingerprint density at radius 2 is 2.12 bits per heavy atom. The SMILES string of the molecule is CNc1cccn(-c2cccnc2C)c1=O. The fourth-order valence-corrected chi connectivity index (χ4v) is 1.60. The number of hydrogen-bond donors (Lipinski definition) is 1. The average Bonchev–Trinajstić information content (AvgIpc) is 2.31. The van der Waals surface area contributed by atoms with Gasteiger partial charge in [-0.15, -0.1) is 0 Å². The molecule has 0 amide bonds. The van der Waals surface area contributed by atoms with Crippen LogP contribution in [0.4, 0.5) is 5.69 Å². The minimum atomic E-state index is -0.0684. The van der Waals surface area contributed by atoms with E-state index in [4.69, 9.17) is 0 Å². The van der Waals surface area contributed by atoms with E-state index in [1.54, 1.807) is 30.1 Å². The summed E-state index contributed by atoms with van der Waals surface area (Å²) in [6, 6.07) is 7.29. The summed E-state index contributed by atoms with van der Waals surface area (Å²) in [5, 5.41) is 2.87. The zero-order valence-electron chi connectivity index (χ0n) is 9.27. The van der Waals surface area contributed by atoms with Crippen LogP contribution in [0.15, 0.2) is 41.5 Å². The van der Waals surface area contributed by atoms with Gasteiger partial charge in [0, 0.05) is 19.4 Å².